The number of benzene rings is 1. The molecular weight excluding hydrogens is 562 g/mol. The Morgan fingerprint density at radius 1 is 0.625 bits per heavy atom. The molecule has 0 aliphatic heterocycles. The van der Waals surface area contributed by atoms with Crippen molar-refractivity contribution in [2.45, 2.75) is 13.2 Å². The zero-order valence-corrected chi connectivity index (χ0v) is 23.5. The number of nitrogens with zero attached hydrogens (tertiary/aromatic N) is 3. The number of methoxy groups -OCH3 is 1. The number of aromatic nitrogens is 3. The summed E-state index contributed by atoms with van der Waals surface area (Å²) in [6, 6.07) is 22.7. The highest BCUT2D eigenvalue weighted by atomic mass is 32.2. The summed E-state index contributed by atoms with van der Waals surface area (Å²) in [5.74, 6) is 0.780. The average Bonchev–Trinajstić information content (AvgIpc) is 2.91. The molecule has 1 aromatic carbocycles. The fourth-order valence-electron chi connectivity index (χ4n) is 3.16. The third-order valence-electron chi connectivity index (χ3n) is 4.71. The second-order valence-electron chi connectivity index (χ2n) is 8.17. The summed E-state index contributed by atoms with van der Waals surface area (Å²) in [5.41, 5.74) is 5.77. The molecule has 0 fully saturated rings. The number of hydrogen-bond donors (Lipinski definition) is 4. The molecule has 3 heterocycles. The lowest BCUT2D eigenvalue weighted by Crippen LogP contribution is -1.98. The van der Waals surface area contributed by atoms with E-state index in [0.717, 1.165) is 16.9 Å². The molecule has 0 radical (unpaired) electrons. The van der Waals surface area contributed by atoms with Gasteiger partial charge < -0.3 is 14.9 Å². The maximum absolute atomic E-state index is 9.45. The van der Waals surface area contributed by atoms with Crippen molar-refractivity contribution in [1.82, 2.24) is 15.0 Å². The summed E-state index contributed by atoms with van der Waals surface area (Å²) < 4.78 is 57.0. The maximum atomic E-state index is 9.45. The molecule has 4 N–H and O–H groups in total. The molecule has 12 nitrogen and oxygen atoms in total. The molecule has 214 valence electrons. The summed E-state index contributed by atoms with van der Waals surface area (Å²) in [6.45, 7) is -0.280. The van der Waals surface area contributed by atoms with Crippen LogP contribution >= 0.6 is 0 Å². The zero-order chi connectivity index (χ0) is 29.9. The molecule has 40 heavy (non-hydrogen) atoms. The number of aliphatic hydroxyl groups excluding tert-OH is 2. The lowest BCUT2D eigenvalue weighted by atomic mass is 10.0. The monoisotopic (exact) mass is 591 g/mol. The van der Waals surface area contributed by atoms with E-state index in [1.165, 1.54) is 0 Å². The molecule has 4 rings (SSSR count). The summed E-state index contributed by atoms with van der Waals surface area (Å²) >= 11 is 0. The normalized spacial score (nSPS) is 11.0. The van der Waals surface area contributed by atoms with E-state index in [9.17, 15) is 27.0 Å². The van der Waals surface area contributed by atoms with Crippen LogP contribution in [0.1, 0.15) is 11.4 Å². The van der Waals surface area contributed by atoms with Gasteiger partial charge in [0.2, 0.25) is 0 Å². The molecule has 0 saturated carbocycles. The van der Waals surface area contributed by atoms with Crippen LogP contribution in [0, 0.1) is 0 Å². The number of aliphatic hydroxyl groups is 2. The van der Waals surface area contributed by atoms with Crippen molar-refractivity contribution in [2.75, 3.05) is 19.6 Å². The first kappa shape index (κ1) is 32.4. The van der Waals surface area contributed by atoms with Crippen LogP contribution in [0.25, 0.3) is 33.9 Å². The maximum Gasteiger partial charge on any atom is 0.261 e. The van der Waals surface area contributed by atoms with Crippen molar-refractivity contribution < 1.29 is 40.9 Å². The highest BCUT2D eigenvalue weighted by molar-refractivity contribution is 7.85. The minimum atomic E-state index is -3.67. The van der Waals surface area contributed by atoms with E-state index in [0.29, 0.717) is 46.7 Å². The minimum Gasteiger partial charge on any atom is -0.497 e. The van der Waals surface area contributed by atoms with Crippen LogP contribution in [0.5, 0.6) is 5.75 Å². The van der Waals surface area contributed by atoms with E-state index in [1.54, 1.807) is 19.2 Å². The van der Waals surface area contributed by atoms with Gasteiger partial charge in [-0.3, -0.25) is 9.11 Å². The molecule has 0 spiro atoms. The third kappa shape index (κ3) is 11.9. The van der Waals surface area contributed by atoms with Gasteiger partial charge in [0.1, 0.15) is 5.75 Å². The molecule has 0 aliphatic carbocycles. The van der Waals surface area contributed by atoms with Crippen molar-refractivity contribution in [2.24, 2.45) is 0 Å². The van der Waals surface area contributed by atoms with E-state index in [2.05, 4.69) is 9.97 Å². The van der Waals surface area contributed by atoms with Gasteiger partial charge in [0.05, 0.1) is 67.0 Å². The van der Waals surface area contributed by atoms with Crippen LogP contribution in [0.2, 0.25) is 0 Å². The van der Waals surface area contributed by atoms with E-state index in [-0.39, 0.29) is 13.2 Å². The lowest BCUT2D eigenvalue weighted by molar-refractivity contribution is 0.277. The zero-order valence-electron chi connectivity index (χ0n) is 21.8. The second kappa shape index (κ2) is 14.6. The summed E-state index contributed by atoms with van der Waals surface area (Å²) in [4.78, 5) is 13.8. The summed E-state index contributed by atoms with van der Waals surface area (Å²) in [5, 5.41) is 18.9. The summed E-state index contributed by atoms with van der Waals surface area (Å²) in [6.07, 6.45) is 1.43. The molecule has 4 aromatic rings. The number of rotatable bonds is 6. The smallest absolute Gasteiger partial charge is 0.261 e. The average molecular weight is 592 g/mol. The Kier molecular flexibility index (Phi) is 11.8. The number of ether oxygens (including phenoxy) is 1. The molecule has 0 atom stereocenters. The number of hydrogen-bond acceptors (Lipinski definition) is 10. The predicted molar refractivity (Wildman–Crippen MR) is 149 cm³/mol. The standard InChI is InChI=1S/C24H21N3O3.2CH4O3S/c1-30-20-10-8-16(9-11-20)17-12-23(21-6-2-4-18(14-28)25-21)27-24(13-17)22-7-3-5-19(15-29)26-22;2*1-5(2,3)4/h2-13,28-29H,14-15H2,1H3;2*1H3,(H,2,3,4). The Morgan fingerprint density at radius 3 is 1.38 bits per heavy atom. The Hall–Kier alpha value is -3.79. The van der Waals surface area contributed by atoms with Gasteiger partial charge in [-0.05, 0) is 59.7 Å². The summed E-state index contributed by atoms with van der Waals surface area (Å²) in [7, 11) is -5.70. The Morgan fingerprint density at radius 2 is 1.02 bits per heavy atom. The van der Waals surface area contributed by atoms with Gasteiger partial charge in [-0.2, -0.15) is 16.8 Å². The van der Waals surface area contributed by atoms with Crippen molar-refractivity contribution >= 4 is 20.2 Å². The van der Waals surface area contributed by atoms with E-state index >= 15 is 0 Å². The Balaban J connectivity index is 0.000000482. The van der Waals surface area contributed by atoms with Crippen LogP contribution < -0.4 is 4.74 Å². The third-order valence-corrected chi connectivity index (χ3v) is 4.71. The fourth-order valence-corrected chi connectivity index (χ4v) is 3.16. The number of pyridine rings is 3. The van der Waals surface area contributed by atoms with E-state index in [4.69, 9.17) is 18.8 Å². The SMILES string of the molecule is COc1ccc(-c2cc(-c3cccc(CO)n3)nc(-c3cccc(CO)n3)c2)cc1.CS(=O)(=O)O.CS(=O)(=O)O. The molecule has 0 aliphatic rings. The van der Waals surface area contributed by atoms with Crippen molar-refractivity contribution in [1.29, 1.82) is 0 Å². The van der Waals surface area contributed by atoms with Crippen molar-refractivity contribution in [3.05, 3.63) is 84.2 Å². The van der Waals surface area contributed by atoms with Gasteiger partial charge in [-0.15, -0.1) is 0 Å². The molecule has 0 amide bonds. The molecule has 0 unspecified atom stereocenters. The van der Waals surface area contributed by atoms with Gasteiger partial charge in [0.25, 0.3) is 20.2 Å². The lowest BCUT2D eigenvalue weighted by Gasteiger charge is -2.11. The van der Waals surface area contributed by atoms with Gasteiger partial charge in [0.15, 0.2) is 0 Å². The van der Waals surface area contributed by atoms with Gasteiger partial charge in [-0.1, -0.05) is 24.3 Å². The molecule has 0 bridgehead atoms. The quantitative estimate of drug-likeness (QED) is 0.240. The fraction of sp³-hybridized carbons (Fsp3) is 0.192. The molecule has 14 heteroatoms. The van der Waals surface area contributed by atoms with Crippen LogP contribution in [-0.4, -0.2) is 70.7 Å². The van der Waals surface area contributed by atoms with E-state index < -0.39 is 20.2 Å². The first-order chi connectivity index (χ1) is 18.7. The van der Waals surface area contributed by atoms with Gasteiger partial charge in [0, 0.05) is 0 Å². The second-order valence-corrected chi connectivity index (χ2v) is 11.1. The van der Waals surface area contributed by atoms with Crippen molar-refractivity contribution in [3.63, 3.8) is 0 Å². The minimum absolute atomic E-state index is 0.140. The topological polar surface area (TPSA) is 197 Å². The van der Waals surface area contributed by atoms with Crippen LogP contribution in [0.15, 0.2) is 72.8 Å². The molecule has 0 saturated heterocycles. The van der Waals surface area contributed by atoms with Gasteiger partial charge in [-0.25, -0.2) is 15.0 Å². The first-order valence-electron chi connectivity index (χ1n) is 11.4. The van der Waals surface area contributed by atoms with Crippen molar-refractivity contribution in [3.8, 4) is 39.7 Å². The predicted octanol–water partition coefficient (Wildman–Crippen LogP) is 2.87. The van der Waals surface area contributed by atoms with Crippen LogP contribution in [-0.2, 0) is 33.5 Å². The highest BCUT2D eigenvalue weighted by Gasteiger charge is 2.12. The Bertz CT molecular complexity index is 1520. The van der Waals surface area contributed by atoms with Crippen LogP contribution in [0.3, 0.4) is 0 Å². The molecular formula is C26H29N3O9S2. The van der Waals surface area contributed by atoms with Gasteiger partial charge >= 0.3 is 0 Å². The molecule has 3 aromatic heterocycles. The first-order valence-corrected chi connectivity index (χ1v) is 15.1. The van der Waals surface area contributed by atoms with E-state index in [1.807, 2.05) is 60.7 Å². The Labute approximate surface area is 232 Å². The highest BCUT2D eigenvalue weighted by Crippen LogP contribution is 2.30. The largest absolute Gasteiger partial charge is 0.497 e. The van der Waals surface area contributed by atoms with Crippen LogP contribution in [0.4, 0.5) is 0 Å².